The predicted molar refractivity (Wildman–Crippen MR) is 99.0 cm³/mol. The monoisotopic (exact) mass is 441 g/mol. The van der Waals surface area contributed by atoms with E-state index in [2.05, 4.69) is 10.4 Å². The van der Waals surface area contributed by atoms with E-state index in [4.69, 9.17) is 0 Å². The molecule has 1 N–H and O–H groups in total. The van der Waals surface area contributed by atoms with Crippen LogP contribution in [0.25, 0.3) is 5.69 Å². The Balaban J connectivity index is 1.99. The van der Waals surface area contributed by atoms with E-state index in [1.165, 1.54) is 19.1 Å². The van der Waals surface area contributed by atoms with E-state index in [0.29, 0.717) is 0 Å². The topological polar surface area (TPSA) is 64.0 Å². The van der Waals surface area contributed by atoms with Gasteiger partial charge in [-0.3, -0.25) is 9.59 Å². The van der Waals surface area contributed by atoms with E-state index in [0.717, 1.165) is 47.1 Å². The van der Waals surface area contributed by atoms with Gasteiger partial charge in [0.05, 0.1) is 16.8 Å². The van der Waals surface area contributed by atoms with Gasteiger partial charge >= 0.3 is 12.4 Å². The van der Waals surface area contributed by atoms with Gasteiger partial charge in [0.1, 0.15) is 0 Å². The molecule has 0 unspecified atom stereocenters. The van der Waals surface area contributed by atoms with E-state index < -0.39 is 46.2 Å². The number of alkyl halides is 6. The van der Waals surface area contributed by atoms with Crippen LogP contribution in [0.2, 0.25) is 0 Å². The van der Waals surface area contributed by atoms with Gasteiger partial charge in [0.2, 0.25) is 5.43 Å². The third-order valence-electron chi connectivity index (χ3n) is 4.23. The van der Waals surface area contributed by atoms with Crippen LogP contribution in [-0.4, -0.2) is 15.7 Å². The maximum atomic E-state index is 13.3. The summed E-state index contributed by atoms with van der Waals surface area (Å²) < 4.78 is 78.8. The Morgan fingerprint density at radius 2 is 1.55 bits per heavy atom. The summed E-state index contributed by atoms with van der Waals surface area (Å²) in [5, 5.41) is 6.00. The second kappa shape index (κ2) is 7.89. The number of anilines is 1. The van der Waals surface area contributed by atoms with Gasteiger partial charge in [0, 0.05) is 17.4 Å². The van der Waals surface area contributed by atoms with Crippen LogP contribution in [0.15, 0.2) is 59.4 Å². The molecular formula is C20H13F6N3O2. The number of para-hydroxylation sites is 1. The lowest BCUT2D eigenvalue weighted by Crippen LogP contribution is -2.27. The van der Waals surface area contributed by atoms with Crippen LogP contribution in [0.3, 0.4) is 0 Å². The minimum absolute atomic E-state index is 0.0489. The van der Waals surface area contributed by atoms with E-state index in [1.807, 2.05) is 0 Å². The van der Waals surface area contributed by atoms with Crippen molar-refractivity contribution in [1.82, 2.24) is 9.78 Å². The molecule has 0 aliphatic carbocycles. The highest BCUT2D eigenvalue weighted by Crippen LogP contribution is 2.33. The number of aryl methyl sites for hydroxylation is 1. The molecule has 0 spiro atoms. The number of halogens is 6. The summed E-state index contributed by atoms with van der Waals surface area (Å²) in [6, 6.07) is 8.85. The smallest absolute Gasteiger partial charge is 0.320 e. The molecule has 162 valence electrons. The lowest BCUT2D eigenvalue weighted by Gasteiger charge is -2.16. The summed E-state index contributed by atoms with van der Waals surface area (Å²) in [4.78, 5) is 24.7. The molecule has 0 aliphatic heterocycles. The van der Waals surface area contributed by atoms with Gasteiger partial charge < -0.3 is 5.32 Å². The molecule has 11 heteroatoms. The first-order valence-electron chi connectivity index (χ1n) is 8.64. The Morgan fingerprint density at radius 1 is 0.935 bits per heavy atom. The summed E-state index contributed by atoms with van der Waals surface area (Å²) in [6.45, 7) is 1.35. The Kier molecular flexibility index (Phi) is 5.62. The van der Waals surface area contributed by atoms with Crippen molar-refractivity contribution in [2.24, 2.45) is 0 Å². The van der Waals surface area contributed by atoms with E-state index in [-0.39, 0.29) is 11.4 Å². The maximum Gasteiger partial charge on any atom is 0.418 e. The normalized spacial score (nSPS) is 12.0. The number of benzene rings is 2. The Hall–Kier alpha value is -3.63. The van der Waals surface area contributed by atoms with Crippen molar-refractivity contribution in [2.75, 3.05) is 5.32 Å². The van der Waals surface area contributed by atoms with Crippen LogP contribution in [0, 0.1) is 6.92 Å². The van der Waals surface area contributed by atoms with Crippen molar-refractivity contribution in [1.29, 1.82) is 0 Å². The Morgan fingerprint density at radius 3 is 2.13 bits per heavy atom. The molecule has 0 fully saturated rings. The van der Waals surface area contributed by atoms with Crippen LogP contribution in [0.5, 0.6) is 0 Å². The third kappa shape index (κ3) is 4.76. The Labute approximate surface area is 170 Å². The number of nitrogens with one attached hydrogen (secondary N) is 1. The number of hydrogen-bond donors (Lipinski definition) is 1. The van der Waals surface area contributed by atoms with Gasteiger partial charge in [-0.15, -0.1) is 0 Å². The molecule has 2 aromatic carbocycles. The molecule has 1 heterocycles. The number of carbonyl (C=O) groups excluding carboxylic acids is 1. The van der Waals surface area contributed by atoms with Gasteiger partial charge in [0.25, 0.3) is 5.91 Å². The summed E-state index contributed by atoms with van der Waals surface area (Å²) >= 11 is 0. The lowest BCUT2D eigenvalue weighted by atomic mass is 10.1. The maximum absolute atomic E-state index is 13.3. The summed E-state index contributed by atoms with van der Waals surface area (Å²) in [5.41, 5.74) is -3.94. The predicted octanol–water partition coefficient (Wildman–Crippen LogP) is 4.83. The first kappa shape index (κ1) is 22.1. The lowest BCUT2D eigenvalue weighted by molar-refractivity contribution is -0.138. The highest BCUT2D eigenvalue weighted by atomic mass is 19.4. The second-order valence-electron chi connectivity index (χ2n) is 6.45. The van der Waals surface area contributed by atoms with Gasteiger partial charge in [-0.1, -0.05) is 12.1 Å². The zero-order valence-corrected chi connectivity index (χ0v) is 15.7. The van der Waals surface area contributed by atoms with Crippen LogP contribution >= 0.6 is 0 Å². The van der Waals surface area contributed by atoms with Gasteiger partial charge in [-0.2, -0.15) is 31.4 Å². The molecule has 0 saturated carbocycles. The second-order valence-corrected chi connectivity index (χ2v) is 6.45. The zero-order chi connectivity index (χ0) is 23.0. The zero-order valence-electron chi connectivity index (χ0n) is 15.7. The van der Waals surface area contributed by atoms with Crippen LogP contribution in [0.1, 0.15) is 27.3 Å². The molecule has 1 aromatic heterocycles. The van der Waals surface area contributed by atoms with Gasteiger partial charge in [-0.25, -0.2) is 4.68 Å². The molecular weight excluding hydrogens is 428 g/mol. The summed E-state index contributed by atoms with van der Waals surface area (Å²) in [5.74, 6) is -1.08. The number of rotatable bonds is 3. The quantitative estimate of drug-likeness (QED) is 0.593. The number of nitrogens with zero attached hydrogens (tertiary/aromatic N) is 2. The molecule has 0 radical (unpaired) electrons. The van der Waals surface area contributed by atoms with Crippen molar-refractivity contribution >= 4 is 11.6 Å². The van der Waals surface area contributed by atoms with Crippen LogP contribution in [-0.2, 0) is 12.4 Å². The molecule has 1 amide bonds. The number of carbonyl (C=O) groups is 1. The number of aromatic nitrogens is 2. The number of amides is 1. The fourth-order valence-corrected chi connectivity index (χ4v) is 2.78. The highest BCUT2D eigenvalue weighted by molar-refractivity contribution is 6.02. The Bertz CT molecular complexity index is 1180. The molecule has 3 aromatic rings. The molecule has 0 bridgehead atoms. The van der Waals surface area contributed by atoms with Gasteiger partial charge in [0.15, 0.2) is 5.69 Å². The average molecular weight is 441 g/mol. The minimum Gasteiger partial charge on any atom is -0.320 e. The highest BCUT2D eigenvalue weighted by Gasteiger charge is 2.34. The molecule has 31 heavy (non-hydrogen) atoms. The standard InChI is InChI=1S/C20H13F6N3O2/c1-11-10-16(30)17(18(31)27-13-8-6-12(7-9-13)19(21,22)23)28-29(11)15-5-3-2-4-14(15)20(24,25)26/h2-10H,1H3,(H,27,31). The van der Waals surface area contributed by atoms with Crippen LogP contribution in [0.4, 0.5) is 32.0 Å². The summed E-state index contributed by atoms with van der Waals surface area (Å²) in [6.07, 6.45) is -9.28. The SMILES string of the molecule is Cc1cc(=O)c(C(=O)Nc2ccc(C(F)(F)F)cc2)nn1-c1ccccc1C(F)(F)F. The molecule has 0 aliphatic rings. The fraction of sp³-hybridized carbons (Fsp3) is 0.150. The fourth-order valence-electron chi connectivity index (χ4n) is 2.78. The summed E-state index contributed by atoms with van der Waals surface area (Å²) in [7, 11) is 0. The molecule has 5 nitrogen and oxygen atoms in total. The van der Waals surface area contributed by atoms with Gasteiger partial charge in [-0.05, 0) is 43.3 Å². The first-order chi connectivity index (χ1) is 14.4. The average Bonchev–Trinajstić information content (AvgIpc) is 2.67. The van der Waals surface area contributed by atoms with E-state index in [1.54, 1.807) is 0 Å². The first-order valence-corrected chi connectivity index (χ1v) is 8.64. The number of hydrogen-bond acceptors (Lipinski definition) is 3. The van der Waals surface area contributed by atoms with E-state index >= 15 is 0 Å². The third-order valence-corrected chi connectivity index (χ3v) is 4.23. The van der Waals surface area contributed by atoms with Crippen molar-refractivity contribution in [3.8, 4) is 5.69 Å². The molecule has 0 saturated heterocycles. The van der Waals surface area contributed by atoms with Crippen molar-refractivity contribution in [3.63, 3.8) is 0 Å². The minimum atomic E-state index is -4.71. The van der Waals surface area contributed by atoms with Crippen molar-refractivity contribution < 1.29 is 31.1 Å². The molecule has 0 atom stereocenters. The van der Waals surface area contributed by atoms with E-state index in [9.17, 15) is 35.9 Å². The van der Waals surface area contributed by atoms with Crippen LogP contribution < -0.4 is 10.7 Å². The van der Waals surface area contributed by atoms with Crippen molar-refractivity contribution in [3.05, 3.63) is 87.3 Å². The van der Waals surface area contributed by atoms with Crippen molar-refractivity contribution in [2.45, 2.75) is 19.3 Å². The molecule has 3 rings (SSSR count). The largest absolute Gasteiger partial charge is 0.418 e.